The molecule has 2 aromatic rings. The van der Waals surface area contributed by atoms with Crippen LogP contribution >= 0.6 is 11.8 Å². The van der Waals surface area contributed by atoms with E-state index in [2.05, 4.69) is 10.3 Å². The number of benzene rings is 2. The summed E-state index contributed by atoms with van der Waals surface area (Å²) in [6, 6.07) is 17.5. The number of methoxy groups -OCH3 is 1. The Morgan fingerprint density at radius 2 is 1.93 bits per heavy atom. The molecule has 1 aliphatic heterocycles. The summed E-state index contributed by atoms with van der Waals surface area (Å²) in [6.07, 6.45) is 3.85. The van der Waals surface area contributed by atoms with Crippen LogP contribution in [-0.2, 0) is 16.1 Å². The predicted molar refractivity (Wildman–Crippen MR) is 119 cm³/mol. The molecule has 1 aliphatic carbocycles. The van der Waals surface area contributed by atoms with Crippen LogP contribution in [0.2, 0.25) is 0 Å². The normalized spacial score (nSPS) is 17.2. The van der Waals surface area contributed by atoms with Gasteiger partial charge in [-0.1, -0.05) is 54.2 Å². The molecule has 154 valence electrons. The van der Waals surface area contributed by atoms with Gasteiger partial charge in [-0.05, 0) is 42.2 Å². The van der Waals surface area contributed by atoms with E-state index in [9.17, 15) is 9.59 Å². The van der Waals surface area contributed by atoms with Crippen LogP contribution in [0.25, 0.3) is 6.08 Å². The van der Waals surface area contributed by atoms with E-state index in [1.807, 2.05) is 54.6 Å². The Labute approximate surface area is 180 Å². The van der Waals surface area contributed by atoms with E-state index in [-0.39, 0.29) is 17.6 Å². The average Bonchev–Trinajstić information content (AvgIpc) is 3.54. The van der Waals surface area contributed by atoms with Crippen molar-refractivity contribution in [3.05, 3.63) is 71.4 Å². The van der Waals surface area contributed by atoms with Crippen LogP contribution in [0.4, 0.5) is 0 Å². The van der Waals surface area contributed by atoms with Crippen LogP contribution in [0, 0.1) is 0 Å². The number of carbonyl (C=O) groups excluding carboxylic acids is 2. The lowest BCUT2D eigenvalue weighted by atomic mass is 10.1. The molecule has 1 heterocycles. The van der Waals surface area contributed by atoms with E-state index in [0.29, 0.717) is 23.5 Å². The van der Waals surface area contributed by atoms with Crippen LogP contribution in [-0.4, -0.2) is 40.8 Å². The summed E-state index contributed by atoms with van der Waals surface area (Å²) in [4.78, 5) is 31.4. The fourth-order valence-electron chi connectivity index (χ4n) is 3.03. The first kappa shape index (κ1) is 20.2. The number of carbonyl (C=O) groups is 2. The molecule has 2 aliphatic rings. The monoisotopic (exact) mass is 421 g/mol. The average molecular weight is 422 g/mol. The minimum atomic E-state index is -0.167. The van der Waals surface area contributed by atoms with Crippen molar-refractivity contribution in [1.82, 2.24) is 10.2 Å². The number of amides is 2. The van der Waals surface area contributed by atoms with E-state index < -0.39 is 0 Å². The molecule has 30 heavy (non-hydrogen) atoms. The Hall–Kier alpha value is -3.06. The lowest BCUT2D eigenvalue weighted by Crippen LogP contribution is -2.32. The molecule has 4 rings (SSSR count). The van der Waals surface area contributed by atoms with Crippen molar-refractivity contribution in [2.45, 2.75) is 25.4 Å². The zero-order valence-electron chi connectivity index (χ0n) is 16.7. The molecule has 2 amide bonds. The van der Waals surface area contributed by atoms with Crippen molar-refractivity contribution in [3.8, 4) is 5.75 Å². The molecule has 1 saturated carbocycles. The third kappa shape index (κ3) is 5.10. The number of amidine groups is 1. The topological polar surface area (TPSA) is 71.0 Å². The Bertz CT molecular complexity index is 983. The van der Waals surface area contributed by atoms with Crippen LogP contribution in [0.1, 0.15) is 24.0 Å². The molecular weight excluding hydrogens is 398 g/mol. The number of hydrogen-bond donors (Lipinski definition) is 1. The second kappa shape index (κ2) is 9.17. The van der Waals surface area contributed by atoms with Crippen molar-refractivity contribution in [3.63, 3.8) is 0 Å². The fraction of sp³-hybridized carbons (Fsp3) is 0.261. The van der Waals surface area contributed by atoms with Crippen LogP contribution < -0.4 is 10.1 Å². The van der Waals surface area contributed by atoms with Gasteiger partial charge in [0.15, 0.2) is 5.17 Å². The molecule has 2 aromatic carbocycles. The number of rotatable bonds is 7. The van der Waals surface area contributed by atoms with Gasteiger partial charge >= 0.3 is 0 Å². The number of nitrogens with one attached hydrogen (secondary N) is 1. The molecular formula is C23H23N3O3S. The summed E-state index contributed by atoms with van der Waals surface area (Å²) in [7, 11) is 1.61. The van der Waals surface area contributed by atoms with Crippen LogP contribution in [0.15, 0.2) is 65.3 Å². The molecule has 1 fully saturated rings. The molecule has 0 bridgehead atoms. The third-order valence-electron chi connectivity index (χ3n) is 4.79. The summed E-state index contributed by atoms with van der Waals surface area (Å²) >= 11 is 1.30. The highest BCUT2D eigenvalue weighted by Gasteiger charge is 2.31. The third-order valence-corrected chi connectivity index (χ3v) is 5.77. The molecule has 1 N–H and O–H groups in total. The van der Waals surface area contributed by atoms with Gasteiger partial charge in [0.05, 0.1) is 19.4 Å². The molecule has 0 saturated heterocycles. The zero-order chi connectivity index (χ0) is 20.9. The van der Waals surface area contributed by atoms with Crippen molar-refractivity contribution in [2.75, 3.05) is 12.9 Å². The van der Waals surface area contributed by atoms with Crippen molar-refractivity contribution in [1.29, 1.82) is 0 Å². The first-order valence-corrected chi connectivity index (χ1v) is 10.8. The number of aliphatic imine (C=N–C) groups is 1. The highest BCUT2D eigenvalue weighted by molar-refractivity contribution is 8.14. The van der Waals surface area contributed by atoms with Gasteiger partial charge in [0.25, 0.3) is 5.91 Å². The van der Waals surface area contributed by atoms with Crippen molar-refractivity contribution in [2.24, 2.45) is 4.99 Å². The second-order valence-electron chi connectivity index (χ2n) is 7.20. The lowest BCUT2D eigenvalue weighted by Gasteiger charge is -2.17. The number of ether oxygens (including phenoxy) is 1. The first-order valence-electron chi connectivity index (χ1n) is 9.85. The molecule has 0 radical (unpaired) electrons. The van der Waals surface area contributed by atoms with E-state index in [1.54, 1.807) is 18.1 Å². The van der Waals surface area contributed by atoms with Gasteiger partial charge in [-0.2, -0.15) is 0 Å². The Morgan fingerprint density at radius 3 is 2.60 bits per heavy atom. The van der Waals surface area contributed by atoms with E-state index >= 15 is 0 Å². The minimum absolute atomic E-state index is 0.0232. The van der Waals surface area contributed by atoms with Crippen LogP contribution in [0.5, 0.6) is 5.75 Å². The molecule has 0 atom stereocenters. The van der Waals surface area contributed by atoms with Crippen molar-refractivity contribution >= 4 is 34.8 Å². The summed E-state index contributed by atoms with van der Waals surface area (Å²) < 4.78 is 5.18. The maximum absolute atomic E-state index is 13.1. The summed E-state index contributed by atoms with van der Waals surface area (Å²) in [5.74, 6) is 0.802. The molecule has 0 spiro atoms. The van der Waals surface area contributed by atoms with E-state index in [4.69, 9.17) is 4.74 Å². The first-order chi connectivity index (χ1) is 14.6. The number of nitrogens with zero attached hydrogens (tertiary/aromatic N) is 2. The van der Waals surface area contributed by atoms with Gasteiger partial charge in [-0.25, -0.2) is 4.99 Å². The zero-order valence-corrected chi connectivity index (χ0v) is 17.5. The second-order valence-corrected chi connectivity index (χ2v) is 8.15. The smallest absolute Gasteiger partial charge is 0.278 e. The Morgan fingerprint density at radius 1 is 1.20 bits per heavy atom. The number of hydrogen-bond acceptors (Lipinski definition) is 5. The molecule has 6 nitrogen and oxygen atoms in total. The SMILES string of the molecule is COc1ccc(/C=C2\N=C(SCC(=O)NC3CC3)N(Cc3ccccc3)C2=O)cc1. The summed E-state index contributed by atoms with van der Waals surface area (Å²) in [6.45, 7) is 0.412. The number of thioether (sulfide) groups is 1. The van der Waals surface area contributed by atoms with Gasteiger partial charge in [-0.15, -0.1) is 0 Å². The fourth-order valence-corrected chi connectivity index (χ4v) is 3.84. The lowest BCUT2D eigenvalue weighted by molar-refractivity contribution is -0.123. The minimum Gasteiger partial charge on any atom is -0.497 e. The van der Waals surface area contributed by atoms with E-state index in [0.717, 1.165) is 29.7 Å². The standard InChI is InChI=1S/C23H23N3O3S/c1-29-19-11-7-16(8-12-19)13-20-22(28)26(14-17-5-3-2-4-6-17)23(25-20)30-15-21(27)24-18-9-10-18/h2-8,11-13,18H,9-10,14-15H2,1H3,(H,24,27)/b20-13-. The predicted octanol–water partition coefficient (Wildman–Crippen LogP) is 3.45. The highest BCUT2D eigenvalue weighted by Crippen LogP contribution is 2.27. The van der Waals surface area contributed by atoms with Crippen molar-refractivity contribution < 1.29 is 14.3 Å². The maximum atomic E-state index is 13.1. The summed E-state index contributed by atoms with van der Waals surface area (Å²) in [5, 5.41) is 3.52. The van der Waals surface area contributed by atoms with Gasteiger partial charge in [0, 0.05) is 6.04 Å². The van der Waals surface area contributed by atoms with E-state index in [1.165, 1.54) is 11.8 Å². The van der Waals surface area contributed by atoms with Gasteiger partial charge in [-0.3, -0.25) is 14.5 Å². The molecule has 0 unspecified atom stereocenters. The Balaban J connectivity index is 1.53. The molecule has 0 aromatic heterocycles. The molecule has 7 heteroatoms. The van der Waals surface area contributed by atoms with Gasteiger partial charge < -0.3 is 10.1 Å². The maximum Gasteiger partial charge on any atom is 0.278 e. The van der Waals surface area contributed by atoms with Crippen LogP contribution in [0.3, 0.4) is 0 Å². The highest BCUT2D eigenvalue weighted by atomic mass is 32.2. The van der Waals surface area contributed by atoms with Gasteiger partial charge in [0.2, 0.25) is 5.91 Å². The quantitative estimate of drug-likeness (QED) is 0.695. The largest absolute Gasteiger partial charge is 0.497 e. The van der Waals surface area contributed by atoms with Gasteiger partial charge in [0.1, 0.15) is 11.4 Å². The summed E-state index contributed by atoms with van der Waals surface area (Å²) in [5.41, 5.74) is 2.23. The Kier molecular flexibility index (Phi) is 6.18.